The van der Waals surface area contributed by atoms with Gasteiger partial charge in [0.1, 0.15) is 0 Å². The molecule has 0 bridgehead atoms. The van der Waals surface area contributed by atoms with Crippen molar-refractivity contribution in [2.45, 2.75) is 59.8 Å². The molecule has 1 aliphatic heterocycles. The van der Waals surface area contributed by atoms with E-state index in [2.05, 4.69) is 0 Å². The second-order valence-corrected chi connectivity index (χ2v) is 12.6. The van der Waals surface area contributed by atoms with Crippen LogP contribution in [0, 0.1) is 32.4 Å². The number of benzene rings is 3. The summed E-state index contributed by atoms with van der Waals surface area (Å²) in [7, 11) is -3.98. The summed E-state index contributed by atoms with van der Waals surface area (Å²) in [5, 5.41) is 10.3. The molecule has 0 saturated heterocycles. The normalized spacial score (nSPS) is 14.2. The van der Waals surface area contributed by atoms with E-state index in [-0.39, 0.29) is 11.3 Å². The van der Waals surface area contributed by atoms with Crippen molar-refractivity contribution in [2.75, 3.05) is 10.6 Å². The van der Waals surface area contributed by atoms with Gasteiger partial charge in [-0.1, -0.05) is 35.9 Å². The summed E-state index contributed by atoms with van der Waals surface area (Å²) in [6.45, 7) is 10.1. The zero-order valence-corrected chi connectivity index (χ0v) is 23.3. The highest BCUT2D eigenvalue weighted by molar-refractivity contribution is 7.92. The van der Waals surface area contributed by atoms with Crippen LogP contribution in [0.4, 0.5) is 14.5 Å². The minimum absolute atomic E-state index is 0.0752. The molecule has 0 fully saturated rings. The van der Waals surface area contributed by atoms with Crippen molar-refractivity contribution < 1.29 is 31.8 Å². The van der Waals surface area contributed by atoms with Gasteiger partial charge < -0.3 is 9.84 Å². The summed E-state index contributed by atoms with van der Waals surface area (Å²) in [5.41, 5.74) is 3.55. The van der Waals surface area contributed by atoms with Crippen LogP contribution < -0.4 is 4.31 Å². The molecule has 3 aromatic rings. The van der Waals surface area contributed by atoms with E-state index in [9.17, 15) is 22.7 Å². The molecule has 38 heavy (non-hydrogen) atoms. The second kappa shape index (κ2) is 9.47. The lowest BCUT2D eigenvalue weighted by Crippen LogP contribution is -2.35. The molecule has 1 aliphatic rings. The zero-order chi connectivity index (χ0) is 28.3. The van der Waals surface area contributed by atoms with Gasteiger partial charge in [-0.05, 0) is 75.4 Å². The number of carboxylic acid groups (broad SMARTS) is 1. The third-order valence-electron chi connectivity index (χ3n) is 6.73. The average Bonchev–Trinajstić information content (AvgIpc) is 2.80. The van der Waals surface area contributed by atoms with Gasteiger partial charge in [0.2, 0.25) is 10.0 Å². The van der Waals surface area contributed by atoms with Gasteiger partial charge in [-0.25, -0.2) is 22.0 Å². The molecule has 0 amide bonds. The van der Waals surface area contributed by atoms with Gasteiger partial charge in [0.05, 0.1) is 24.1 Å². The van der Waals surface area contributed by atoms with Crippen LogP contribution in [-0.2, 0) is 26.1 Å². The Morgan fingerprint density at radius 1 is 1.00 bits per heavy atom. The van der Waals surface area contributed by atoms with Gasteiger partial charge >= 0.3 is 5.97 Å². The molecule has 6 nitrogen and oxygen atoms in total. The molecule has 4 rings (SSSR count). The topological polar surface area (TPSA) is 83.9 Å². The van der Waals surface area contributed by atoms with Gasteiger partial charge in [0.25, 0.3) is 0 Å². The number of hydrogen-bond acceptors (Lipinski definition) is 4. The number of aliphatic carboxylic acids is 1. The SMILES string of the molecule is Cc1ccc(-c2c(C)c3c(c(C)c2[C@H](OC(C)(C)C)C(=O)O)N(S(C)(=O)=O)Cc2c-3ccc(F)c2F)cc1. The van der Waals surface area contributed by atoms with Gasteiger partial charge in [-0.3, -0.25) is 4.31 Å². The van der Waals surface area contributed by atoms with Crippen molar-refractivity contribution in [1.82, 2.24) is 0 Å². The largest absolute Gasteiger partial charge is 0.479 e. The first-order valence-corrected chi connectivity index (χ1v) is 14.0. The lowest BCUT2D eigenvalue weighted by atomic mass is 9.80. The highest BCUT2D eigenvalue weighted by Gasteiger charge is 2.39. The molecule has 0 spiro atoms. The van der Waals surface area contributed by atoms with Crippen molar-refractivity contribution >= 4 is 21.7 Å². The van der Waals surface area contributed by atoms with E-state index in [0.717, 1.165) is 22.2 Å². The first-order chi connectivity index (χ1) is 17.5. The van der Waals surface area contributed by atoms with E-state index in [0.29, 0.717) is 38.9 Å². The molecule has 0 radical (unpaired) electrons. The fourth-order valence-electron chi connectivity index (χ4n) is 5.14. The standard InChI is InChI=1S/C29H31F2NO5S/c1-15-8-10-18(11-9-15)22-16(2)23-19-12-13-21(30)25(31)20(19)14-32(38(7,35)36)26(23)17(3)24(22)27(28(33)34)37-29(4,5)6/h8-13,27H,14H2,1-7H3,(H,33,34)/t27-/m0/s1. The van der Waals surface area contributed by atoms with Gasteiger partial charge in [-0.2, -0.15) is 0 Å². The number of sulfonamides is 1. The number of carboxylic acids is 1. The number of nitrogens with zero attached hydrogens (tertiary/aromatic N) is 1. The number of ether oxygens (including phenoxy) is 1. The molecule has 0 aliphatic carbocycles. The van der Waals surface area contributed by atoms with Crippen LogP contribution in [0.3, 0.4) is 0 Å². The Kier molecular flexibility index (Phi) is 6.91. The third kappa shape index (κ3) is 4.80. The number of hydrogen-bond donors (Lipinski definition) is 1. The molecule has 0 saturated carbocycles. The number of carbonyl (C=O) groups is 1. The van der Waals surface area contributed by atoms with E-state index in [1.165, 1.54) is 6.07 Å². The second-order valence-electron chi connectivity index (χ2n) is 10.7. The molecular formula is C29H31F2NO5S. The Morgan fingerprint density at radius 3 is 2.13 bits per heavy atom. The fourth-order valence-corrected chi connectivity index (χ4v) is 6.07. The minimum Gasteiger partial charge on any atom is -0.479 e. The fraction of sp³-hybridized carbons (Fsp3) is 0.345. The number of fused-ring (bicyclic) bond motifs is 3. The molecule has 1 heterocycles. The van der Waals surface area contributed by atoms with Crippen molar-refractivity contribution in [1.29, 1.82) is 0 Å². The number of anilines is 1. The predicted molar refractivity (Wildman–Crippen MR) is 144 cm³/mol. The van der Waals surface area contributed by atoms with E-state index in [1.807, 2.05) is 31.2 Å². The smallest absolute Gasteiger partial charge is 0.337 e. The minimum atomic E-state index is -3.98. The van der Waals surface area contributed by atoms with Gasteiger partial charge in [0, 0.05) is 16.7 Å². The van der Waals surface area contributed by atoms with Gasteiger partial charge in [-0.15, -0.1) is 0 Å². The molecule has 1 atom stereocenters. The van der Waals surface area contributed by atoms with Crippen molar-refractivity contribution in [2.24, 2.45) is 0 Å². The van der Waals surface area contributed by atoms with E-state index in [4.69, 9.17) is 4.74 Å². The summed E-state index contributed by atoms with van der Waals surface area (Å²) in [4.78, 5) is 12.7. The quantitative estimate of drug-likeness (QED) is 0.400. The van der Waals surface area contributed by atoms with Gasteiger partial charge in [0.15, 0.2) is 17.7 Å². The van der Waals surface area contributed by atoms with Crippen molar-refractivity contribution in [3.05, 3.63) is 75.8 Å². The van der Waals surface area contributed by atoms with E-state index >= 15 is 4.39 Å². The molecule has 0 unspecified atom stereocenters. The highest BCUT2D eigenvalue weighted by atomic mass is 32.2. The molecule has 1 N–H and O–H groups in total. The van der Waals surface area contributed by atoms with Crippen LogP contribution in [0.25, 0.3) is 22.3 Å². The molecule has 202 valence electrons. The summed E-state index contributed by atoms with van der Waals surface area (Å²) in [6.07, 6.45) is -0.440. The highest BCUT2D eigenvalue weighted by Crippen LogP contribution is 2.51. The monoisotopic (exact) mass is 543 g/mol. The zero-order valence-electron chi connectivity index (χ0n) is 22.4. The van der Waals surface area contributed by atoms with E-state index < -0.39 is 45.9 Å². The van der Waals surface area contributed by atoms with Crippen molar-refractivity contribution in [3.8, 4) is 22.3 Å². The van der Waals surface area contributed by atoms with Crippen LogP contribution >= 0.6 is 0 Å². The molecule has 9 heteroatoms. The third-order valence-corrected chi connectivity index (χ3v) is 7.84. The van der Waals surface area contributed by atoms with E-state index in [1.54, 1.807) is 34.6 Å². The van der Waals surface area contributed by atoms with Crippen molar-refractivity contribution in [3.63, 3.8) is 0 Å². The maximum Gasteiger partial charge on any atom is 0.337 e. The first kappa shape index (κ1) is 27.7. The van der Waals surface area contributed by atoms with Crippen LogP contribution in [0.1, 0.15) is 54.7 Å². The van der Waals surface area contributed by atoms with Crippen LogP contribution in [0.2, 0.25) is 0 Å². The van der Waals surface area contributed by atoms with Crippen LogP contribution in [-0.4, -0.2) is 31.4 Å². The molecule has 3 aromatic carbocycles. The Balaban J connectivity index is 2.23. The summed E-state index contributed by atoms with van der Waals surface area (Å²) in [6, 6.07) is 9.94. The van der Waals surface area contributed by atoms with Crippen LogP contribution in [0.5, 0.6) is 0 Å². The lowest BCUT2D eigenvalue weighted by Gasteiger charge is -2.37. The predicted octanol–water partition coefficient (Wildman–Crippen LogP) is 6.44. The average molecular weight is 544 g/mol. The first-order valence-electron chi connectivity index (χ1n) is 12.1. The summed E-state index contributed by atoms with van der Waals surface area (Å²) in [5.74, 6) is -3.42. The number of aryl methyl sites for hydroxylation is 1. The maximum atomic E-state index is 15.0. The Bertz CT molecular complexity index is 1560. The molecular weight excluding hydrogens is 512 g/mol. The number of rotatable bonds is 5. The Labute approximate surface area is 221 Å². The summed E-state index contributed by atoms with van der Waals surface area (Å²) >= 11 is 0. The lowest BCUT2D eigenvalue weighted by molar-refractivity contribution is -0.160. The maximum absolute atomic E-state index is 15.0. The summed E-state index contributed by atoms with van der Waals surface area (Å²) < 4.78 is 62.4. The number of halogens is 2. The Morgan fingerprint density at radius 2 is 1.61 bits per heavy atom. The van der Waals surface area contributed by atoms with Crippen LogP contribution in [0.15, 0.2) is 36.4 Å². The molecule has 0 aromatic heterocycles. The Hall–Kier alpha value is -3.30.